The monoisotopic (exact) mass is 251 g/mol. The smallest absolute Gasteiger partial charge is 0.0814 e. The average molecular weight is 251 g/mol. The minimum atomic E-state index is -0.439. The molecule has 0 saturated heterocycles. The molecule has 0 amide bonds. The van der Waals surface area contributed by atoms with Crippen LogP contribution in [-0.2, 0) is 0 Å². The van der Waals surface area contributed by atoms with Crippen LogP contribution in [0, 0.1) is 0 Å². The second-order valence-electron chi connectivity index (χ2n) is 4.75. The number of para-hydroxylation sites is 1. The molecule has 0 fully saturated rings. The quantitative estimate of drug-likeness (QED) is 0.716. The summed E-state index contributed by atoms with van der Waals surface area (Å²) < 4.78 is 0. The Morgan fingerprint density at radius 2 is 1.68 bits per heavy atom. The number of H-pyrrole nitrogens is 1. The summed E-state index contributed by atoms with van der Waals surface area (Å²) in [5.41, 5.74) is 4.21. The van der Waals surface area contributed by atoms with Gasteiger partial charge in [0.25, 0.3) is 0 Å². The average Bonchev–Trinajstić information content (AvgIpc) is 2.87. The van der Waals surface area contributed by atoms with Gasteiger partial charge in [-0.2, -0.15) is 0 Å². The van der Waals surface area contributed by atoms with Crippen LogP contribution >= 0.6 is 0 Å². The predicted octanol–water partition coefficient (Wildman–Crippen LogP) is 4.28. The van der Waals surface area contributed by atoms with Crippen LogP contribution in [0.1, 0.15) is 25.0 Å². The summed E-state index contributed by atoms with van der Waals surface area (Å²) in [5, 5.41) is 11.4. The topological polar surface area (TPSA) is 36.0 Å². The van der Waals surface area contributed by atoms with Crippen molar-refractivity contribution >= 4 is 10.9 Å². The van der Waals surface area contributed by atoms with Gasteiger partial charge in [-0.15, -0.1) is 0 Å². The number of nitrogens with one attached hydrogen (secondary N) is 1. The molecule has 0 spiro atoms. The van der Waals surface area contributed by atoms with Gasteiger partial charge < -0.3 is 10.1 Å². The number of hydrogen-bond donors (Lipinski definition) is 2. The highest BCUT2D eigenvalue weighted by atomic mass is 16.3. The van der Waals surface area contributed by atoms with Crippen molar-refractivity contribution in [1.29, 1.82) is 0 Å². The number of aliphatic hydroxyl groups is 1. The molecule has 0 saturated carbocycles. The molecule has 3 aromatic rings. The van der Waals surface area contributed by atoms with Crippen LogP contribution in [-0.4, -0.2) is 10.1 Å². The van der Waals surface area contributed by atoms with E-state index >= 15 is 0 Å². The van der Waals surface area contributed by atoms with Crippen LogP contribution in [0.3, 0.4) is 0 Å². The Bertz CT molecular complexity index is 685. The summed E-state index contributed by atoms with van der Waals surface area (Å²) in [6.07, 6.45) is 0.271. The van der Waals surface area contributed by atoms with Gasteiger partial charge in [0, 0.05) is 16.5 Å². The lowest BCUT2D eigenvalue weighted by Crippen LogP contribution is -1.96. The molecule has 0 aliphatic rings. The van der Waals surface area contributed by atoms with Crippen LogP contribution in [0.25, 0.3) is 22.2 Å². The first-order chi connectivity index (χ1) is 9.31. The molecule has 2 heteroatoms. The summed E-state index contributed by atoms with van der Waals surface area (Å²) >= 11 is 0. The van der Waals surface area contributed by atoms with Gasteiger partial charge >= 0.3 is 0 Å². The van der Waals surface area contributed by atoms with E-state index < -0.39 is 6.10 Å². The van der Waals surface area contributed by atoms with E-state index in [4.69, 9.17) is 0 Å². The zero-order chi connectivity index (χ0) is 13.2. The summed E-state index contributed by atoms with van der Waals surface area (Å²) in [7, 11) is 0. The van der Waals surface area contributed by atoms with Crippen LogP contribution in [0.4, 0.5) is 0 Å². The van der Waals surface area contributed by atoms with Gasteiger partial charge in [-0.05, 0) is 18.1 Å². The van der Waals surface area contributed by atoms with Crippen molar-refractivity contribution in [2.45, 2.75) is 19.4 Å². The van der Waals surface area contributed by atoms with Crippen LogP contribution in [0.5, 0.6) is 0 Å². The molecular weight excluding hydrogens is 234 g/mol. The fraction of sp³-hybridized carbons (Fsp3) is 0.176. The molecule has 0 bridgehead atoms. The number of hydrogen-bond acceptors (Lipinski definition) is 1. The van der Waals surface area contributed by atoms with E-state index in [1.165, 1.54) is 0 Å². The third kappa shape index (κ3) is 2.04. The molecule has 0 radical (unpaired) electrons. The van der Waals surface area contributed by atoms with E-state index in [-0.39, 0.29) is 0 Å². The van der Waals surface area contributed by atoms with E-state index in [1.807, 2.05) is 43.3 Å². The molecule has 2 aromatic carbocycles. The summed E-state index contributed by atoms with van der Waals surface area (Å²) in [5.74, 6) is 0. The minimum Gasteiger partial charge on any atom is -0.388 e. The fourth-order valence-corrected chi connectivity index (χ4v) is 2.55. The normalized spacial score (nSPS) is 12.7. The molecule has 0 aliphatic carbocycles. The first-order valence-corrected chi connectivity index (χ1v) is 6.65. The first-order valence-electron chi connectivity index (χ1n) is 6.65. The Labute approximate surface area is 112 Å². The molecule has 0 unspecified atom stereocenters. The largest absolute Gasteiger partial charge is 0.388 e. The summed E-state index contributed by atoms with van der Waals surface area (Å²) in [4.78, 5) is 3.44. The Balaban J connectivity index is 2.29. The predicted molar refractivity (Wildman–Crippen MR) is 79.0 cm³/mol. The maximum Gasteiger partial charge on any atom is 0.0814 e. The molecule has 1 atom stereocenters. The standard InChI is InChI=1S/C17H17NO/c1-2-15(19)16-13-10-6-7-11-14(13)18-17(16)12-8-4-3-5-9-12/h3-11,15,18-19H,2H2,1H3/t15-/m1/s1. The Morgan fingerprint density at radius 3 is 2.42 bits per heavy atom. The SMILES string of the molecule is CC[C@@H](O)c1c(-c2ccccc2)[nH]c2ccccc12. The van der Waals surface area contributed by atoms with E-state index in [0.717, 1.165) is 27.7 Å². The highest BCUT2D eigenvalue weighted by Gasteiger charge is 2.18. The summed E-state index contributed by atoms with van der Waals surface area (Å²) in [6.45, 7) is 2.00. The van der Waals surface area contributed by atoms with Gasteiger partial charge in [-0.3, -0.25) is 0 Å². The van der Waals surface area contributed by atoms with Gasteiger partial charge in [0.1, 0.15) is 0 Å². The second-order valence-corrected chi connectivity index (χ2v) is 4.75. The lowest BCUT2D eigenvalue weighted by Gasteiger charge is -2.10. The molecule has 1 heterocycles. The van der Waals surface area contributed by atoms with E-state index in [2.05, 4.69) is 23.2 Å². The van der Waals surface area contributed by atoms with Crippen LogP contribution in [0.15, 0.2) is 54.6 Å². The van der Waals surface area contributed by atoms with Gasteiger partial charge in [0.2, 0.25) is 0 Å². The Morgan fingerprint density at radius 1 is 1.00 bits per heavy atom. The molecule has 3 rings (SSSR count). The number of benzene rings is 2. The van der Waals surface area contributed by atoms with Crippen molar-refractivity contribution in [2.75, 3.05) is 0 Å². The minimum absolute atomic E-state index is 0.439. The van der Waals surface area contributed by atoms with Gasteiger partial charge in [-0.25, -0.2) is 0 Å². The molecule has 2 nitrogen and oxygen atoms in total. The fourth-order valence-electron chi connectivity index (χ4n) is 2.55. The third-order valence-corrected chi connectivity index (χ3v) is 3.53. The molecule has 1 aromatic heterocycles. The zero-order valence-corrected chi connectivity index (χ0v) is 10.9. The third-order valence-electron chi connectivity index (χ3n) is 3.53. The Kier molecular flexibility index (Phi) is 3.10. The van der Waals surface area contributed by atoms with Crippen molar-refractivity contribution in [1.82, 2.24) is 4.98 Å². The maximum atomic E-state index is 10.3. The van der Waals surface area contributed by atoms with E-state index in [9.17, 15) is 5.11 Å². The van der Waals surface area contributed by atoms with Crippen molar-refractivity contribution < 1.29 is 5.11 Å². The highest BCUT2D eigenvalue weighted by Crippen LogP contribution is 2.35. The van der Waals surface area contributed by atoms with Crippen LogP contribution in [0.2, 0.25) is 0 Å². The molecule has 0 aliphatic heterocycles. The molecule has 2 N–H and O–H groups in total. The van der Waals surface area contributed by atoms with Gasteiger partial charge in [0.05, 0.1) is 11.8 Å². The van der Waals surface area contributed by atoms with Crippen molar-refractivity contribution in [3.63, 3.8) is 0 Å². The van der Waals surface area contributed by atoms with Gasteiger partial charge in [-0.1, -0.05) is 55.5 Å². The Hall–Kier alpha value is -2.06. The number of aromatic nitrogens is 1. The van der Waals surface area contributed by atoms with Crippen molar-refractivity contribution in [3.8, 4) is 11.3 Å². The summed E-state index contributed by atoms with van der Waals surface area (Å²) in [6, 6.07) is 18.3. The van der Waals surface area contributed by atoms with Crippen molar-refractivity contribution in [2.24, 2.45) is 0 Å². The van der Waals surface area contributed by atoms with E-state index in [1.54, 1.807) is 0 Å². The first kappa shape index (κ1) is 12.0. The number of aliphatic hydroxyl groups excluding tert-OH is 1. The highest BCUT2D eigenvalue weighted by molar-refractivity contribution is 5.91. The number of fused-ring (bicyclic) bond motifs is 1. The molecule has 19 heavy (non-hydrogen) atoms. The lowest BCUT2D eigenvalue weighted by molar-refractivity contribution is 0.176. The van der Waals surface area contributed by atoms with Crippen LogP contribution < -0.4 is 0 Å². The second kappa shape index (κ2) is 4.90. The molecule has 96 valence electrons. The number of rotatable bonds is 3. The maximum absolute atomic E-state index is 10.3. The lowest BCUT2D eigenvalue weighted by atomic mass is 9.99. The molecular formula is C17H17NO. The van der Waals surface area contributed by atoms with Gasteiger partial charge in [0.15, 0.2) is 0 Å². The van der Waals surface area contributed by atoms with E-state index in [0.29, 0.717) is 6.42 Å². The number of aromatic amines is 1. The zero-order valence-electron chi connectivity index (χ0n) is 10.9. The van der Waals surface area contributed by atoms with Crippen molar-refractivity contribution in [3.05, 3.63) is 60.2 Å².